The van der Waals surface area contributed by atoms with Gasteiger partial charge in [0.15, 0.2) is 0 Å². The van der Waals surface area contributed by atoms with Gasteiger partial charge in [-0.05, 0) is 41.5 Å². The number of carbonyl (C=O) groups is 2. The molecule has 1 amide bonds. The number of hydrogen-bond donors (Lipinski definition) is 2. The second-order valence-corrected chi connectivity index (χ2v) is 5.64. The van der Waals surface area contributed by atoms with Crippen LogP contribution in [0.15, 0.2) is 17.5 Å². The fourth-order valence-electron chi connectivity index (χ4n) is 1.43. The molecule has 2 N–H and O–H groups in total. The van der Waals surface area contributed by atoms with Gasteiger partial charge in [0.2, 0.25) is 0 Å². The molecule has 0 aromatic carbocycles. The number of carbonyl (C=O) groups excluding carboxylic acids is 1. The zero-order chi connectivity index (χ0) is 14.5. The van der Waals surface area contributed by atoms with Crippen molar-refractivity contribution < 1.29 is 14.7 Å². The van der Waals surface area contributed by atoms with Crippen LogP contribution in [0.4, 0.5) is 0 Å². The molecule has 104 valence electrons. The van der Waals surface area contributed by atoms with Crippen LogP contribution in [0.3, 0.4) is 0 Å². The van der Waals surface area contributed by atoms with Gasteiger partial charge in [-0.3, -0.25) is 4.79 Å². The van der Waals surface area contributed by atoms with E-state index in [4.69, 9.17) is 5.11 Å². The number of aryl methyl sites for hydroxylation is 1. The second kappa shape index (κ2) is 6.40. The summed E-state index contributed by atoms with van der Waals surface area (Å²) in [5, 5.41) is 16.9. The van der Waals surface area contributed by atoms with E-state index < -0.39 is 5.97 Å². The van der Waals surface area contributed by atoms with Crippen LogP contribution >= 0.6 is 22.9 Å². The lowest BCUT2D eigenvalue weighted by Crippen LogP contribution is -2.22. The highest BCUT2D eigenvalue weighted by Crippen LogP contribution is 2.16. The van der Waals surface area contributed by atoms with Gasteiger partial charge in [-0.25, -0.2) is 4.79 Å². The van der Waals surface area contributed by atoms with Gasteiger partial charge < -0.3 is 10.4 Å². The number of carboxylic acid groups (broad SMARTS) is 1. The third-order valence-corrected chi connectivity index (χ3v) is 4.15. The minimum absolute atomic E-state index is 0.200. The van der Waals surface area contributed by atoms with Crippen molar-refractivity contribution in [1.82, 2.24) is 14.9 Å². The summed E-state index contributed by atoms with van der Waals surface area (Å²) in [5.74, 6) is -1.19. The molecule has 0 aliphatic heterocycles. The molecule has 6 nitrogen and oxygen atoms in total. The van der Waals surface area contributed by atoms with Gasteiger partial charge in [0.05, 0.1) is 12.2 Å². The van der Waals surface area contributed by atoms with Crippen molar-refractivity contribution in [2.75, 3.05) is 0 Å². The van der Waals surface area contributed by atoms with Gasteiger partial charge in [-0.2, -0.15) is 0 Å². The lowest BCUT2D eigenvalue weighted by atomic mass is 10.3. The van der Waals surface area contributed by atoms with Gasteiger partial charge >= 0.3 is 5.97 Å². The van der Waals surface area contributed by atoms with Crippen molar-refractivity contribution >= 4 is 40.8 Å². The minimum Gasteiger partial charge on any atom is -0.478 e. The molecule has 0 aliphatic rings. The Balaban J connectivity index is 1.93. The Morgan fingerprint density at radius 2 is 2.30 bits per heavy atom. The third kappa shape index (κ3) is 3.72. The molecular weight excluding hydrogens is 298 g/mol. The summed E-state index contributed by atoms with van der Waals surface area (Å²) in [5.41, 5.74) is 1.42. The van der Waals surface area contributed by atoms with E-state index in [1.54, 1.807) is 6.92 Å². The van der Waals surface area contributed by atoms with E-state index in [1.807, 2.05) is 11.4 Å². The topological polar surface area (TPSA) is 92.2 Å². The van der Waals surface area contributed by atoms with Crippen LogP contribution in [0.1, 0.15) is 25.8 Å². The van der Waals surface area contributed by atoms with Crippen molar-refractivity contribution in [2.24, 2.45) is 0 Å². The molecule has 0 bridgehead atoms. The largest absolute Gasteiger partial charge is 0.478 e. The zero-order valence-electron chi connectivity index (χ0n) is 10.5. The number of rotatable bonds is 5. The van der Waals surface area contributed by atoms with Crippen molar-refractivity contribution in [3.8, 4) is 0 Å². The molecule has 20 heavy (non-hydrogen) atoms. The van der Waals surface area contributed by atoms with Crippen molar-refractivity contribution in [1.29, 1.82) is 0 Å². The maximum absolute atomic E-state index is 11.9. The van der Waals surface area contributed by atoms with Crippen LogP contribution in [0.25, 0.3) is 6.08 Å². The predicted octanol–water partition coefficient (Wildman–Crippen LogP) is 1.94. The summed E-state index contributed by atoms with van der Waals surface area (Å²) < 4.78 is 3.71. The van der Waals surface area contributed by atoms with Crippen LogP contribution in [-0.2, 0) is 11.3 Å². The quantitative estimate of drug-likeness (QED) is 0.823. The Bertz CT molecular complexity index is 660. The first-order valence-corrected chi connectivity index (χ1v) is 7.27. The Morgan fingerprint density at radius 3 is 2.95 bits per heavy atom. The molecular formula is C12H11N3O3S2. The summed E-state index contributed by atoms with van der Waals surface area (Å²) in [6.45, 7) is 2.13. The fourth-order valence-corrected chi connectivity index (χ4v) is 2.80. The molecule has 2 rings (SSSR count). The number of nitrogens with one attached hydrogen (secondary N) is 1. The molecule has 0 unspecified atom stereocenters. The van der Waals surface area contributed by atoms with E-state index in [0.29, 0.717) is 17.1 Å². The lowest BCUT2D eigenvalue weighted by molar-refractivity contribution is -0.131. The second-order valence-electron chi connectivity index (χ2n) is 3.89. The van der Waals surface area contributed by atoms with Crippen LogP contribution < -0.4 is 5.32 Å². The summed E-state index contributed by atoms with van der Waals surface area (Å²) in [4.78, 5) is 23.7. The van der Waals surface area contributed by atoms with E-state index in [0.717, 1.165) is 28.0 Å². The van der Waals surface area contributed by atoms with E-state index in [2.05, 4.69) is 14.9 Å². The Morgan fingerprint density at radius 1 is 1.50 bits per heavy atom. The van der Waals surface area contributed by atoms with Crippen LogP contribution in [0.5, 0.6) is 0 Å². The molecule has 0 radical (unpaired) electrons. The molecule has 2 aromatic rings. The third-order valence-electron chi connectivity index (χ3n) is 2.37. The number of amides is 1. The predicted molar refractivity (Wildman–Crippen MR) is 76.8 cm³/mol. The van der Waals surface area contributed by atoms with Gasteiger partial charge in [-0.15, -0.1) is 16.4 Å². The Kier molecular flexibility index (Phi) is 4.59. The van der Waals surface area contributed by atoms with E-state index in [-0.39, 0.29) is 5.91 Å². The number of hydrogen-bond acceptors (Lipinski definition) is 6. The minimum atomic E-state index is -0.987. The highest BCUT2D eigenvalue weighted by Gasteiger charge is 2.12. The Hall–Kier alpha value is -2.06. The monoisotopic (exact) mass is 309 g/mol. The highest BCUT2D eigenvalue weighted by molar-refractivity contribution is 7.10. The van der Waals surface area contributed by atoms with Gasteiger partial charge in [0.25, 0.3) is 5.91 Å². The maximum atomic E-state index is 11.9. The summed E-state index contributed by atoms with van der Waals surface area (Å²) in [6, 6.07) is 1.84. The lowest BCUT2D eigenvalue weighted by Gasteiger charge is -2.00. The van der Waals surface area contributed by atoms with E-state index >= 15 is 0 Å². The number of nitrogens with zero attached hydrogens (tertiary/aromatic N) is 2. The first-order chi connectivity index (χ1) is 9.56. The van der Waals surface area contributed by atoms with Gasteiger partial charge in [0.1, 0.15) is 4.88 Å². The van der Waals surface area contributed by atoms with Crippen LogP contribution in [-0.4, -0.2) is 26.6 Å². The van der Waals surface area contributed by atoms with Crippen molar-refractivity contribution in [3.05, 3.63) is 38.5 Å². The summed E-state index contributed by atoms with van der Waals surface area (Å²) >= 11 is 2.52. The average Bonchev–Trinajstić information content (AvgIpc) is 3.02. The number of carboxylic acids is 1. The zero-order valence-corrected chi connectivity index (χ0v) is 12.1. The first kappa shape index (κ1) is 14.4. The molecule has 0 saturated carbocycles. The number of thiophene rings is 1. The number of aliphatic carboxylic acids is 1. The Labute approximate surface area is 122 Å². The molecule has 2 aromatic heterocycles. The first-order valence-electron chi connectivity index (χ1n) is 5.62. The molecule has 8 heteroatoms. The molecule has 0 aliphatic carbocycles. The standard InChI is InChI=1S/C12H11N3O3S2/c1-7-11(20-15-14-7)12(18)13-5-9-4-8(6-19-9)2-3-10(16)17/h2-4,6H,5H2,1H3,(H,13,18)(H,16,17). The number of aromatic nitrogens is 2. The summed E-state index contributed by atoms with van der Waals surface area (Å²) in [6.07, 6.45) is 2.60. The molecule has 0 atom stereocenters. The SMILES string of the molecule is Cc1nnsc1C(=O)NCc1cc(C=CC(=O)O)cs1. The normalized spacial score (nSPS) is 10.8. The van der Waals surface area contributed by atoms with Crippen molar-refractivity contribution in [2.45, 2.75) is 13.5 Å². The summed E-state index contributed by atoms with van der Waals surface area (Å²) in [7, 11) is 0. The van der Waals surface area contributed by atoms with Gasteiger partial charge in [-0.1, -0.05) is 4.49 Å². The average molecular weight is 309 g/mol. The van der Waals surface area contributed by atoms with E-state index in [9.17, 15) is 9.59 Å². The molecule has 0 saturated heterocycles. The van der Waals surface area contributed by atoms with Crippen LogP contribution in [0.2, 0.25) is 0 Å². The molecule has 2 heterocycles. The smallest absolute Gasteiger partial charge is 0.328 e. The maximum Gasteiger partial charge on any atom is 0.328 e. The molecule has 0 fully saturated rings. The van der Waals surface area contributed by atoms with Crippen LogP contribution in [0, 0.1) is 6.92 Å². The van der Waals surface area contributed by atoms with E-state index in [1.165, 1.54) is 17.4 Å². The highest BCUT2D eigenvalue weighted by atomic mass is 32.1. The fraction of sp³-hybridized carbons (Fsp3) is 0.167. The molecule has 0 spiro atoms. The van der Waals surface area contributed by atoms with Crippen molar-refractivity contribution in [3.63, 3.8) is 0 Å². The van der Waals surface area contributed by atoms with Gasteiger partial charge in [0, 0.05) is 11.0 Å².